The van der Waals surface area contributed by atoms with Crippen molar-refractivity contribution < 1.29 is 4.52 Å². The van der Waals surface area contributed by atoms with E-state index < -0.39 is 0 Å². The fourth-order valence-electron chi connectivity index (χ4n) is 0.774. The van der Waals surface area contributed by atoms with Crippen molar-refractivity contribution in [2.75, 3.05) is 5.73 Å². The van der Waals surface area contributed by atoms with Crippen molar-refractivity contribution in [1.29, 1.82) is 0 Å². The van der Waals surface area contributed by atoms with Crippen LogP contribution in [0.25, 0.3) is 11.5 Å². The number of hydrogen-bond donors (Lipinski definition) is 1. The van der Waals surface area contributed by atoms with Crippen LogP contribution in [0.4, 0.5) is 5.95 Å². The third kappa shape index (κ3) is 1.44. The van der Waals surface area contributed by atoms with Crippen molar-refractivity contribution >= 4 is 39.9 Å². The smallest absolute Gasteiger partial charge is 0.261 e. The minimum atomic E-state index is 0.172. The summed E-state index contributed by atoms with van der Waals surface area (Å²) in [6.45, 7) is 0. The van der Waals surface area contributed by atoms with E-state index in [-0.39, 0.29) is 5.95 Å². The Hall–Kier alpha value is -0.630. The molecular weight excluding hydrogens is 289 g/mol. The van der Waals surface area contributed by atoms with E-state index in [2.05, 4.69) is 32.7 Å². The first-order chi connectivity index (χ1) is 5.75. The molecule has 2 heterocycles. The fraction of sp³-hybridized carbons (Fsp3) is 0. The molecule has 4 nitrogen and oxygen atoms in total. The van der Waals surface area contributed by atoms with E-state index in [0.29, 0.717) is 5.89 Å². The van der Waals surface area contributed by atoms with Crippen LogP contribution < -0.4 is 5.73 Å². The third-order valence-electron chi connectivity index (χ3n) is 1.26. The predicted molar refractivity (Wildman–Crippen MR) is 54.7 cm³/mol. The molecule has 2 aromatic heterocycles. The molecule has 0 aliphatic rings. The topological polar surface area (TPSA) is 64.9 Å². The van der Waals surface area contributed by atoms with Gasteiger partial charge in [-0.15, -0.1) is 11.3 Å². The zero-order valence-corrected chi connectivity index (χ0v) is 8.79. The Labute approximate surface area is 85.9 Å². The SMILES string of the molecule is Nc1noc(-c2csc(I)c2)n1. The summed E-state index contributed by atoms with van der Waals surface area (Å²) in [6.07, 6.45) is 0. The van der Waals surface area contributed by atoms with Crippen LogP contribution in [0.3, 0.4) is 0 Å². The first-order valence-electron chi connectivity index (χ1n) is 3.09. The molecule has 0 bridgehead atoms. The molecule has 0 aromatic carbocycles. The highest BCUT2D eigenvalue weighted by Gasteiger charge is 2.07. The van der Waals surface area contributed by atoms with Crippen LogP contribution in [-0.2, 0) is 0 Å². The number of hydrogen-bond acceptors (Lipinski definition) is 5. The molecule has 0 aliphatic heterocycles. The highest BCUT2D eigenvalue weighted by molar-refractivity contribution is 14.1. The molecule has 2 N–H and O–H groups in total. The van der Waals surface area contributed by atoms with Gasteiger partial charge in [0.1, 0.15) is 0 Å². The summed E-state index contributed by atoms with van der Waals surface area (Å²) in [7, 11) is 0. The van der Waals surface area contributed by atoms with Crippen molar-refractivity contribution in [1.82, 2.24) is 10.1 Å². The summed E-state index contributed by atoms with van der Waals surface area (Å²) >= 11 is 3.86. The van der Waals surface area contributed by atoms with Gasteiger partial charge >= 0.3 is 0 Å². The van der Waals surface area contributed by atoms with Crippen LogP contribution in [0.15, 0.2) is 16.0 Å². The maximum atomic E-state index is 5.31. The molecule has 0 saturated carbocycles. The highest BCUT2D eigenvalue weighted by atomic mass is 127. The first-order valence-corrected chi connectivity index (χ1v) is 5.05. The normalized spacial score (nSPS) is 10.4. The minimum absolute atomic E-state index is 0.172. The lowest BCUT2D eigenvalue weighted by molar-refractivity contribution is 0.433. The average molecular weight is 293 g/mol. The number of thiophene rings is 1. The third-order valence-corrected chi connectivity index (χ3v) is 3.05. The molecule has 0 fully saturated rings. The van der Waals surface area contributed by atoms with Gasteiger partial charge in [-0.1, -0.05) is 0 Å². The fourth-order valence-corrected chi connectivity index (χ4v) is 2.09. The summed E-state index contributed by atoms with van der Waals surface area (Å²) in [5.41, 5.74) is 6.23. The first kappa shape index (κ1) is 7.99. The van der Waals surface area contributed by atoms with E-state index in [9.17, 15) is 0 Å². The van der Waals surface area contributed by atoms with E-state index in [1.54, 1.807) is 11.3 Å². The largest absolute Gasteiger partial charge is 0.365 e. The Bertz CT molecular complexity index is 359. The van der Waals surface area contributed by atoms with Gasteiger partial charge in [0.25, 0.3) is 11.8 Å². The van der Waals surface area contributed by atoms with Gasteiger partial charge in [-0.05, 0) is 33.8 Å². The second-order valence-corrected chi connectivity index (χ2v) is 4.90. The molecular formula is C6H4IN3OS. The van der Waals surface area contributed by atoms with Gasteiger partial charge in [0, 0.05) is 5.38 Å². The molecule has 0 unspecified atom stereocenters. The van der Waals surface area contributed by atoms with Gasteiger partial charge < -0.3 is 10.3 Å². The Morgan fingerprint density at radius 1 is 1.58 bits per heavy atom. The monoisotopic (exact) mass is 293 g/mol. The lowest BCUT2D eigenvalue weighted by Crippen LogP contribution is -1.84. The predicted octanol–water partition coefficient (Wildman–Crippen LogP) is 1.98. The summed E-state index contributed by atoms with van der Waals surface area (Å²) in [4.78, 5) is 3.90. The van der Waals surface area contributed by atoms with Gasteiger partial charge in [-0.25, -0.2) is 0 Å². The van der Waals surface area contributed by atoms with Crippen molar-refractivity contribution in [3.8, 4) is 11.5 Å². The average Bonchev–Trinajstić information content (AvgIpc) is 2.58. The maximum absolute atomic E-state index is 5.31. The number of anilines is 1. The quantitative estimate of drug-likeness (QED) is 0.817. The lowest BCUT2D eigenvalue weighted by atomic mass is 10.3. The van der Waals surface area contributed by atoms with Crippen LogP contribution in [0.2, 0.25) is 0 Å². The Kier molecular flexibility index (Phi) is 2.01. The zero-order chi connectivity index (χ0) is 8.55. The van der Waals surface area contributed by atoms with Gasteiger partial charge in [0.05, 0.1) is 8.45 Å². The molecule has 12 heavy (non-hydrogen) atoms. The number of aromatic nitrogens is 2. The Morgan fingerprint density at radius 3 is 2.92 bits per heavy atom. The van der Waals surface area contributed by atoms with Gasteiger partial charge in [0.15, 0.2) is 0 Å². The number of nitrogen functional groups attached to an aromatic ring is 1. The Balaban J connectivity index is 2.43. The van der Waals surface area contributed by atoms with E-state index in [0.717, 1.165) is 5.56 Å². The molecule has 0 amide bonds. The summed E-state index contributed by atoms with van der Waals surface area (Å²) in [5.74, 6) is 0.651. The van der Waals surface area contributed by atoms with Crippen molar-refractivity contribution in [2.45, 2.75) is 0 Å². The standard InChI is InChI=1S/C6H4IN3OS/c7-4-1-3(2-12-4)5-9-6(8)10-11-5/h1-2H,(H2,8,10). The van der Waals surface area contributed by atoms with Crippen LogP contribution in [-0.4, -0.2) is 10.1 Å². The number of nitrogens with zero attached hydrogens (tertiary/aromatic N) is 2. The Morgan fingerprint density at radius 2 is 2.42 bits per heavy atom. The van der Waals surface area contributed by atoms with E-state index >= 15 is 0 Å². The van der Waals surface area contributed by atoms with Crippen LogP contribution in [0.1, 0.15) is 0 Å². The van der Waals surface area contributed by atoms with Crippen LogP contribution in [0.5, 0.6) is 0 Å². The molecule has 62 valence electrons. The molecule has 0 saturated heterocycles. The summed E-state index contributed by atoms with van der Waals surface area (Å²) in [5, 5.41) is 5.45. The molecule has 0 atom stereocenters. The summed E-state index contributed by atoms with van der Waals surface area (Å²) in [6, 6.07) is 1.97. The zero-order valence-electron chi connectivity index (χ0n) is 5.82. The second-order valence-electron chi connectivity index (χ2n) is 2.10. The second kappa shape index (κ2) is 3.02. The molecule has 0 spiro atoms. The van der Waals surface area contributed by atoms with E-state index in [4.69, 9.17) is 10.3 Å². The van der Waals surface area contributed by atoms with Crippen molar-refractivity contribution in [3.63, 3.8) is 0 Å². The maximum Gasteiger partial charge on any atom is 0.261 e. The van der Waals surface area contributed by atoms with E-state index in [1.165, 1.54) is 2.88 Å². The number of rotatable bonds is 1. The van der Waals surface area contributed by atoms with Crippen LogP contribution >= 0.6 is 33.9 Å². The van der Waals surface area contributed by atoms with E-state index in [1.807, 2.05) is 11.4 Å². The number of nitrogens with two attached hydrogens (primary N) is 1. The molecule has 0 aliphatic carbocycles. The minimum Gasteiger partial charge on any atom is -0.365 e. The van der Waals surface area contributed by atoms with Gasteiger partial charge in [-0.2, -0.15) is 4.98 Å². The van der Waals surface area contributed by atoms with Crippen molar-refractivity contribution in [3.05, 3.63) is 14.3 Å². The van der Waals surface area contributed by atoms with Gasteiger partial charge in [-0.3, -0.25) is 0 Å². The lowest BCUT2D eigenvalue weighted by Gasteiger charge is -1.81. The van der Waals surface area contributed by atoms with Crippen LogP contribution in [0, 0.1) is 2.88 Å². The molecule has 2 aromatic rings. The summed E-state index contributed by atoms with van der Waals surface area (Å²) < 4.78 is 6.06. The molecule has 2 rings (SSSR count). The van der Waals surface area contributed by atoms with Gasteiger partial charge in [0.2, 0.25) is 0 Å². The highest BCUT2D eigenvalue weighted by Crippen LogP contribution is 2.25. The molecule has 6 heteroatoms. The number of halogens is 1. The molecule has 0 radical (unpaired) electrons. The van der Waals surface area contributed by atoms with Crippen molar-refractivity contribution in [2.24, 2.45) is 0 Å².